The Morgan fingerprint density at radius 1 is 1.19 bits per heavy atom. The molecule has 1 saturated heterocycles. The first-order valence-corrected chi connectivity index (χ1v) is 8.72. The number of hydrogen-bond donors (Lipinski definition) is 1. The van der Waals surface area contributed by atoms with Gasteiger partial charge in [-0.15, -0.1) is 0 Å². The molecule has 1 unspecified atom stereocenters. The highest BCUT2D eigenvalue weighted by atomic mass is 32.2. The maximum atomic E-state index is 12.0. The third kappa shape index (κ3) is 3.56. The molecule has 1 aliphatic rings. The van der Waals surface area contributed by atoms with E-state index in [0.29, 0.717) is 10.8 Å². The highest BCUT2D eigenvalue weighted by Gasteiger charge is 2.23. The number of benzene rings is 1. The maximum Gasteiger partial charge on any atom is 0.242 e. The second-order valence-corrected chi connectivity index (χ2v) is 8.00. The highest BCUT2D eigenvalue weighted by Crippen LogP contribution is 2.26. The molecule has 0 saturated carbocycles. The Morgan fingerprint density at radius 3 is 2.14 bits per heavy atom. The van der Waals surface area contributed by atoms with Gasteiger partial charge in [-0.25, -0.2) is 12.7 Å². The largest absolute Gasteiger partial charge is 0.393 e. The smallest absolute Gasteiger partial charge is 0.242 e. The predicted octanol–water partition coefficient (Wildman–Crippen LogP) is 1.53. The molecule has 1 heterocycles. The molecule has 1 N–H and O–H groups in total. The van der Waals surface area contributed by atoms with Gasteiger partial charge < -0.3 is 10.0 Å². The monoisotopic (exact) mass is 312 g/mol. The van der Waals surface area contributed by atoms with E-state index in [1.54, 1.807) is 12.1 Å². The van der Waals surface area contributed by atoms with E-state index in [1.165, 1.54) is 18.4 Å². The molecule has 2 rings (SSSR count). The maximum absolute atomic E-state index is 12.0. The second-order valence-electron chi connectivity index (χ2n) is 5.85. The second kappa shape index (κ2) is 6.34. The van der Waals surface area contributed by atoms with Crippen molar-refractivity contribution in [3.8, 4) is 0 Å². The standard InChI is InChI=1S/C15H24N2O3S/c1-12(18)13-8-10-17(11-9-13)14-4-6-15(7-5-14)21(19,20)16(2)3/h4-7,12-13,18H,8-11H2,1-3H3. The SMILES string of the molecule is CC(O)C1CCN(c2ccc(S(=O)(=O)N(C)C)cc2)CC1. The van der Waals surface area contributed by atoms with Crippen LogP contribution in [0.2, 0.25) is 0 Å². The molecule has 21 heavy (non-hydrogen) atoms. The molecule has 118 valence electrons. The molecule has 1 fully saturated rings. The fourth-order valence-electron chi connectivity index (χ4n) is 2.68. The minimum atomic E-state index is -3.36. The summed E-state index contributed by atoms with van der Waals surface area (Å²) in [6, 6.07) is 7.04. The van der Waals surface area contributed by atoms with E-state index in [9.17, 15) is 13.5 Å². The normalized spacial score (nSPS) is 19.0. The lowest BCUT2D eigenvalue weighted by molar-refractivity contribution is 0.110. The number of nitrogens with zero attached hydrogens (tertiary/aromatic N) is 2. The lowest BCUT2D eigenvalue weighted by Crippen LogP contribution is -2.37. The van der Waals surface area contributed by atoms with Crippen LogP contribution in [0.5, 0.6) is 0 Å². The Balaban J connectivity index is 2.07. The van der Waals surface area contributed by atoms with E-state index in [4.69, 9.17) is 0 Å². The average molecular weight is 312 g/mol. The summed E-state index contributed by atoms with van der Waals surface area (Å²) >= 11 is 0. The van der Waals surface area contributed by atoms with Crippen LogP contribution in [0.4, 0.5) is 5.69 Å². The van der Waals surface area contributed by atoms with Crippen LogP contribution in [0.3, 0.4) is 0 Å². The van der Waals surface area contributed by atoms with Gasteiger partial charge >= 0.3 is 0 Å². The predicted molar refractivity (Wildman–Crippen MR) is 83.9 cm³/mol. The summed E-state index contributed by atoms with van der Waals surface area (Å²) in [6.45, 7) is 3.64. The molecule has 0 spiro atoms. The van der Waals surface area contributed by atoms with Crippen LogP contribution >= 0.6 is 0 Å². The molecule has 0 amide bonds. The molecule has 0 bridgehead atoms. The lowest BCUT2D eigenvalue weighted by Gasteiger charge is -2.34. The van der Waals surface area contributed by atoms with Gasteiger partial charge in [0.15, 0.2) is 0 Å². The van der Waals surface area contributed by atoms with Crippen molar-refractivity contribution >= 4 is 15.7 Å². The quantitative estimate of drug-likeness (QED) is 0.916. The molecule has 1 aromatic rings. The Bertz CT molecular complexity index is 559. The van der Waals surface area contributed by atoms with Crippen LogP contribution in [0, 0.1) is 5.92 Å². The van der Waals surface area contributed by atoms with Gasteiger partial charge in [0.2, 0.25) is 10.0 Å². The van der Waals surface area contributed by atoms with Crippen molar-refractivity contribution in [3.63, 3.8) is 0 Å². The zero-order chi connectivity index (χ0) is 15.6. The molecule has 0 aliphatic carbocycles. The molecule has 0 aromatic heterocycles. The number of sulfonamides is 1. The molecule has 1 atom stereocenters. The summed E-state index contributed by atoms with van der Waals surface area (Å²) in [5, 5.41) is 9.62. The van der Waals surface area contributed by atoms with Crippen LogP contribution < -0.4 is 4.90 Å². The van der Waals surface area contributed by atoms with Gasteiger partial charge in [0, 0.05) is 32.9 Å². The lowest BCUT2D eigenvalue weighted by atomic mass is 9.92. The molecular formula is C15H24N2O3S. The molecule has 6 heteroatoms. The van der Waals surface area contributed by atoms with Crippen LogP contribution in [0.1, 0.15) is 19.8 Å². The Kier molecular flexibility index (Phi) is 4.91. The Morgan fingerprint density at radius 2 is 1.71 bits per heavy atom. The fourth-order valence-corrected chi connectivity index (χ4v) is 3.58. The van der Waals surface area contributed by atoms with Crippen molar-refractivity contribution in [2.75, 3.05) is 32.1 Å². The summed E-state index contributed by atoms with van der Waals surface area (Å²) < 4.78 is 25.3. The van der Waals surface area contributed by atoms with E-state index < -0.39 is 10.0 Å². The van der Waals surface area contributed by atoms with Gasteiger partial charge in [0.1, 0.15) is 0 Å². The van der Waals surface area contributed by atoms with Gasteiger partial charge in [-0.2, -0.15) is 0 Å². The molecular weight excluding hydrogens is 288 g/mol. The van der Waals surface area contributed by atoms with E-state index in [1.807, 2.05) is 19.1 Å². The van der Waals surface area contributed by atoms with Crippen molar-refractivity contribution in [2.45, 2.75) is 30.8 Å². The summed E-state index contributed by atoms with van der Waals surface area (Å²) in [7, 11) is -0.299. The van der Waals surface area contributed by atoms with Crippen molar-refractivity contribution < 1.29 is 13.5 Å². The number of aliphatic hydroxyl groups excluding tert-OH is 1. The number of piperidine rings is 1. The highest BCUT2D eigenvalue weighted by molar-refractivity contribution is 7.89. The first kappa shape index (κ1) is 16.3. The van der Waals surface area contributed by atoms with Crippen LogP contribution in [0.25, 0.3) is 0 Å². The molecule has 1 aromatic carbocycles. The van der Waals surface area contributed by atoms with E-state index in [0.717, 1.165) is 31.6 Å². The summed E-state index contributed by atoms with van der Waals surface area (Å²) in [4.78, 5) is 2.56. The van der Waals surface area contributed by atoms with Crippen molar-refractivity contribution in [1.82, 2.24) is 4.31 Å². The summed E-state index contributed by atoms with van der Waals surface area (Å²) in [5.41, 5.74) is 1.04. The molecule has 5 nitrogen and oxygen atoms in total. The van der Waals surface area contributed by atoms with Gasteiger partial charge in [-0.05, 0) is 49.9 Å². The van der Waals surface area contributed by atoms with Crippen molar-refractivity contribution in [1.29, 1.82) is 0 Å². The first-order valence-electron chi connectivity index (χ1n) is 7.28. The van der Waals surface area contributed by atoms with Crippen molar-refractivity contribution in [2.24, 2.45) is 5.92 Å². The molecule has 1 aliphatic heterocycles. The number of rotatable bonds is 4. The third-order valence-corrected chi connectivity index (χ3v) is 6.03. The average Bonchev–Trinajstić information content (AvgIpc) is 2.47. The van der Waals surface area contributed by atoms with Gasteiger partial charge in [-0.3, -0.25) is 0 Å². The Labute approximate surface area is 127 Å². The molecule has 0 radical (unpaired) electrons. The van der Waals surface area contributed by atoms with Crippen molar-refractivity contribution in [3.05, 3.63) is 24.3 Å². The van der Waals surface area contributed by atoms with Gasteiger partial charge in [-0.1, -0.05) is 0 Å². The van der Waals surface area contributed by atoms with Crippen LogP contribution in [0.15, 0.2) is 29.2 Å². The zero-order valence-corrected chi connectivity index (χ0v) is 13.7. The third-order valence-electron chi connectivity index (χ3n) is 4.20. The summed E-state index contributed by atoms with van der Waals surface area (Å²) in [5.74, 6) is 0.370. The van der Waals surface area contributed by atoms with Gasteiger partial charge in [0.25, 0.3) is 0 Å². The Hall–Kier alpha value is -1.11. The van der Waals surface area contributed by atoms with Gasteiger partial charge in [0.05, 0.1) is 11.0 Å². The number of anilines is 1. The first-order chi connectivity index (χ1) is 9.82. The summed E-state index contributed by atoms with van der Waals surface area (Å²) in [6.07, 6.45) is 1.69. The topological polar surface area (TPSA) is 60.9 Å². The van der Waals surface area contributed by atoms with Crippen LogP contribution in [-0.4, -0.2) is 51.1 Å². The zero-order valence-electron chi connectivity index (χ0n) is 12.9. The minimum Gasteiger partial charge on any atom is -0.393 e. The van der Waals surface area contributed by atoms with E-state index in [-0.39, 0.29) is 6.10 Å². The van der Waals surface area contributed by atoms with Crippen LogP contribution in [-0.2, 0) is 10.0 Å². The number of hydrogen-bond acceptors (Lipinski definition) is 4. The fraction of sp³-hybridized carbons (Fsp3) is 0.600. The van der Waals surface area contributed by atoms with E-state index in [2.05, 4.69) is 4.90 Å². The minimum absolute atomic E-state index is 0.250. The number of aliphatic hydroxyl groups is 1. The van der Waals surface area contributed by atoms with E-state index >= 15 is 0 Å².